The van der Waals surface area contributed by atoms with Gasteiger partial charge in [0.05, 0.1) is 10.6 Å². The summed E-state index contributed by atoms with van der Waals surface area (Å²) in [7, 11) is -4.13. The van der Waals surface area contributed by atoms with Crippen molar-refractivity contribution in [2.75, 3.05) is 10.8 Å². The summed E-state index contributed by atoms with van der Waals surface area (Å²) in [6, 6.07) is 19.9. The molecule has 2 amide bonds. The van der Waals surface area contributed by atoms with Gasteiger partial charge in [-0.05, 0) is 81.1 Å². The van der Waals surface area contributed by atoms with E-state index in [0.29, 0.717) is 10.7 Å². The van der Waals surface area contributed by atoms with E-state index < -0.39 is 28.5 Å². The fraction of sp³-hybridized carbons (Fsp3) is 0.355. The van der Waals surface area contributed by atoms with Crippen molar-refractivity contribution >= 4 is 39.1 Å². The van der Waals surface area contributed by atoms with E-state index in [4.69, 9.17) is 11.6 Å². The molecule has 0 aromatic heterocycles. The van der Waals surface area contributed by atoms with E-state index in [1.54, 1.807) is 25.1 Å². The predicted octanol–water partition coefficient (Wildman–Crippen LogP) is 5.63. The van der Waals surface area contributed by atoms with Crippen LogP contribution in [-0.4, -0.2) is 43.8 Å². The molecule has 3 aromatic rings. The maximum atomic E-state index is 14.0. The maximum Gasteiger partial charge on any atom is 0.264 e. The number of benzene rings is 3. The van der Waals surface area contributed by atoms with Gasteiger partial charge in [0.25, 0.3) is 10.0 Å². The van der Waals surface area contributed by atoms with Gasteiger partial charge in [-0.25, -0.2) is 8.42 Å². The quantitative estimate of drug-likeness (QED) is 0.336. The summed E-state index contributed by atoms with van der Waals surface area (Å²) in [5.41, 5.74) is 3.10. The summed E-state index contributed by atoms with van der Waals surface area (Å²) in [6.07, 6.45) is 3.98. The van der Waals surface area contributed by atoms with Gasteiger partial charge < -0.3 is 10.2 Å². The first kappa shape index (κ1) is 29.6. The summed E-state index contributed by atoms with van der Waals surface area (Å²) in [4.78, 5) is 28.8. The average molecular weight is 582 g/mol. The van der Waals surface area contributed by atoms with Crippen LogP contribution in [0.15, 0.2) is 77.7 Å². The third kappa shape index (κ3) is 7.23. The monoisotopic (exact) mass is 581 g/mol. The van der Waals surface area contributed by atoms with E-state index in [2.05, 4.69) is 5.32 Å². The van der Waals surface area contributed by atoms with Crippen LogP contribution in [0, 0.1) is 13.8 Å². The molecule has 1 aliphatic carbocycles. The van der Waals surface area contributed by atoms with Gasteiger partial charge in [0.2, 0.25) is 11.8 Å². The molecule has 0 radical (unpaired) electrons. The van der Waals surface area contributed by atoms with Crippen LogP contribution in [0.4, 0.5) is 5.69 Å². The highest BCUT2D eigenvalue weighted by Crippen LogP contribution is 2.26. The number of carbonyl (C=O) groups excluding carboxylic acids is 2. The van der Waals surface area contributed by atoms with E-state index >= 15 is 0 Å². The number of hydrogen-bond donors (Lipinski definition) is 1. The molecule has 0 spiro atoms. The molecule has 1 fully saturated rings. The van der Waals surface area contributed by atoms with Crippen molar-refractivity contribution in [1.29, 1.82) is 0 Å². The van der Waals surface area contributed by atoms with Crippen molar-refractivity contribution in [3.63, 3.8) is 0 Å². The van der Waals surface area contributed by atoms with Gasteiger partial charge in [-0.2, -0.15) is 0 Å². The Kier molecular flexibility index (Phi) is 9.53. The highest BCUT2D eigenvalue weighted by atomic mass is 35.5. The van der Waals surface area contributed by atoms with Crippen molar-refractivity contribution in [3.05, 3.63) is 94.5 Å². The van der Waals surface area contributed by atoms with Crippen molar-refractivity contribution < 1.29 is 18.0 Å². The number of aryl methyl sites for hydroxylation is 2. The minimum absolute atomic E-state index is 0.0171. The largest absolute Gasteiger partial charge is 0.352 e. The van der Waals surface area contributed by atoms with Gasteiger partial charge >= 0.3 is 0 Å². The number of anilines is 1. The Morgan fingerprint density at radius 3 is 2.20 bits per heavy atom. The molecule has 0 unspecified atom stereocenters. The minimum Gasteiger partial charge on any atom is -0.352 e. The van der Waals surface area contributed by atoms with E-state index in [0.717, 1.165) is 46.7 Å². The predicted molar refractivity (Wildman–Crippen MR) is 159 cm³/mol. The molecular formula is C31H36ClN3O4S. The van der Waals surface area contributed by atoms with Gasteiger partial charge in [0, 0.05) is 17.6 Å². The van der Waals surface area contributed by atoms with Crippen molar-refractivity contribution in [3.8, 4) is 0 Å². The molecule has 9 heteroatoms. The molecule has 1 atom stereocenters. The lowest BCUT2D eigenvalue weighted by atomic mass is 10.1. The van der Waals surface area contributed by atoms with Crippen LogP contribution in [0.5, 0.6) is 0 Å². The van der Waals surface area contributed by atoms with Crippen LogP contribution in [0.25, 0.3) is 0 Å². The molecule has 1 saturated carbocycles. The topological polar surface area (TPSA) is 86.8 Å². The lowest BCUT2D eigenvalue weighted by Gasteiger charge is -2.32. The Hall–Kier alpha value is -3.36. The highest BCUT2D eigenvalue weighted by Gasteiger charge is 2.33. The van der Waals surface area contributed by atoms with E-state index in [-0.39, 0.29) is 23.4 Å². The molecule has 40 heavy (non-hydrogen) atoms. The smallest absolute Gasteiger partial charge is 0.264 e. The summed E-state index contributed by atoms with van der Waals surface area (Å²) in [5, 5.41) is 3.49. The van der Waals surface area contributed by atoms with Crippen LogP contribution in [0.3, 0.4) is 0 Å². The normalized spacial score (nSPS) is 14.5. The molecular weight excluding hydrogens is 546 g/mol. The number of halogens is 1. The summed E-state index contributed by atoms with van der Waals surface area (Å²) < 4.78 is 28.9. The zero-order valence-corrected chi connectivity index (χ0v) is 24.7. The number of rotatable bonds is 10. The van der Waals surface area contributed by atoms with Crippen LogP contribution in [0.2, 0.25) is 5.02 Å². The first-order valence-corrected chi connectivity index (χ1v) is 15.4. The van der Waals surface area contributed by atoms with Gasteiger partial charge in [-0.15, -0.1) is 0 Å². The molecule has 0 bridgehead atoms. The highest BCUT2D eigenvalue weighted by molar-refractivity contribution is 7.92. The Balaban J connectivity index is 1.69. The fourth-order valence-electron chi connectivity index (χ4n) is 5.03. The third-order valence-electron chi connectivity index (χ3n) is 7.27. The second kappa shape index (κ2) is 12.9. The zero-order valence-electron chi connectivity index (χ0n) is 23.1. The van der Waals surface area contributed by atoms with Gasteiger partial charge in [0.15, 0.2) is 0 Å². The Bertz CT molecular complexity index is 1450. The Morgan fingerprint density at radius 1 is 0.950 bits per heavy atom. The zero-order chi connectivity index (χ0) is 28.9. The molecule has 1 N–H and O–H groups in total. The van der Waals surface area contributed by atoms with Crippen LogP contribution in [-0.2, 0) is 26.2 Å². The molecule has 0 aliphatic heterocycles. The second-order valence-corrected chi connectivity index (χ2v) is 12.8. The molecule has 212 valence electrons. The number of carbonyl (C=O) groups is 2. The summed E-state index contributed by atoms with van der Waals surface area (Å²) in [6.45, 7) is 5.22. The first-order chi connectivity index (χ1) is 19.0. The number of nitrogens with one attached hydrogen (secondary N) is 1. The van der Waals surface area contributed by atoms with Crippen LogP contribution < -0.4 is 9.62 Å². The van der Waals surface area contributed by atoms with Gasteiger partial charge in [-0.3, -0.25) is 13.9 Å². The molecule has 0 saturated heterocycles. The number of nitrogens with zero attached hydrogens (tertiary/aromatic N) is 2. The van der Waals surface area contributed by atoms with Crippen LogP contribution >= 0.6 is 11.6 Å². The Morgan fingerprint density at radius 2 is 1.57 bits per heavy atom. The number of sulfonamides is 1. The number of hydrogen-bond acceptors (Lipinski definition) is 4. The Labute approximate surface area is 242 Å². The molecule has 0 heterocycles. The lowest BCUT2D eigenvalue weighted by Crippen LogP contribution is -2.52. The van der Waals surface area contributed by atoms with Gasteiger partial charge in [0.1, 0.15) is 12.6 Å². The summed E-state index contributed by atoms with van der Waals surface area (Å²) in [5.74, 6) is -0.717. The molecule has 7 nitrogen and oxygen atoms in total. The first-order valence-electron chi connectivity index (χ1n) is 13.5. The van der Waals surface area contributed by atoms with Crippen molar-refractivity contribution in [1.82, 2.24) is 10.2 Å². The maximum absolute atomic E-state index is 14.0. The van der Waals surface area contributed by atoms with Gasteiger partial charge in [-0.1, -0.05) is 66.4 Å². The molecule has 1 aliphatic rings. The van der Waals surface area contributed by atoms with Crippen molar-refractivity contribution in [2.24, 2.45) is 0 Å². The van der Waals surface area contributed by atoms with E-state index in [1.165, 1.54) is 29.2 Å². The third-order valence-corrected chi connectivity index (χ3v) is 9.31. The van der Waals surface area contributed by atoms with E-state index in [9.17, 15) is 18.0 Å². The second-order valence-electron chi connectivity index (χ2n) is 10.5. The minimum atomic E-state index is -4.13. The average Bonchev–Trinajstić information content (AvgIpc) is 3.43. The standard InChI is InChI=1S/C31H36ClN3O4S/c1-22-8-6-10-25(18-22)20-34(24(3)31(37)33-27-11-4-5-12-27)30(36)21-35(28-13-7-9-23(2)19-28)40(38,39)29-16-14-26(32)15-17-29/h6-10,13-19,24,27H,4-5,11-12,20-21H2,1-3H3,(H,33,37)/t24-/m1/s1. The molecule has 3 aromatic carbocycles. The number of amides is 2. The van der Waals surface area contributed by atoms with Crippen molar-refractivity contribution in [2.45, 2.75) is 70.0 Å². The molecule has 4 rings (SSSR count). The lowest BCUT2D eigenvalue weighted by molar-refractivity contribution is -0.139. The van der Waals surface area contributed by atoms with Crippen LogP contribution in [0.1, 0.15) is 49.3 Å². The SMILES string of the molecule is Cc1cccc(CN(C(=O)CN(c2cccc(C)c2)S(=O)(=O)c2ccc(Cl)cc2)[C@H](C)C(=O)NC2CCCC2)c1. The van der Waals surface area contributed by atoms with E-state index in [1.807, 2.05) is 44.2 Å². The summed E-state index contributed by atoms with van der Waals surface area (Å²) >= 11 is 6.01. The fourth-order valence-corrected chi connectivity index (χ4v) is 6.56.